The average Bonchev–Trinajstić information content (AvgIpc) is 2.03. The minimum Gasteiger partial charge on any atom is -0.597 e. The Hall–Kier alpha value is -0.260. The summed E-state index contributed by atoms with van der Waals surface area (Å²) in [5, 5.41) is 0. The van der Waals surface area contributed by atoms with Crippen molar-refractivity contribution in [2.24, 2.45) is 0 Å². The van der Waals surface area contributed by atoms with Crippen LogP contribution in [0.25, 0.3) is 0 Å². The third-order valence-electron chi connectivity index (χ3n) is 1.57. The van der Waals surface area contributed by atoms with E-state index >= 15 is 0 Å². The first kappa shape index (κ1) is 13.7. The highest BCUT2D eigenvalue weighted by atomic mass is 32.2. The molecule has 4 nitrogen and oxygen atoms in total. The predicted octanol–water partition coefficient (Wildman–Crippen LogP) is 0.990. The van der Waals surface area contributed by atoms with Gasteiger partial charge in [-0.1, -0.05) is 0 Å². The van der Waals surface area contributed by atoms with Gasteiger partial charge in [0.15, 0.2) is 0 Å². The van der Waals surface area contributed by atoms with Gasteiger partial charge in [-0.3, -0.25) is 0 Å². The molecule has 5 heteroatoms. The number of hydrogen-bond acceptors (Lipinski definition) is 4. The van der Waals surface area contributed by atoms with Crippen LogP contribution in [-0.2, 0) is 20.9 Å². The summed E-state index contributed by atoms with van der Waals surface area (Å²) < 4.78 is 18.3. The van der Waals surface area contributed by atoms with Crippen molar-refractivity contribution in [1.29, 1.82) is 0 Å². The quantitative estimate of drug-likeness (QED) is 0.555. The lowest BCUT2D eigenvalue weighted by atomic mass is 10.2. The third kappa shape index (κ3) is 3.86. The zero-order valence-corrected chi connectivity index (χ0v) is 10.2. The van der Waals surface area contributed by atoms with Gasteiger partial charge in [0.25, 0.3) is 0 Å². The van der Waals surface area contributed by atoms with Crippen molar-refractivity contribution in [3.05, 3.63) is 0 Å². The van der Waals surface area contributed by atoms with Crippen LogP contribution in [0.2, 0.25) is 0 Å². The largest absolute Gasteiger partial charge is 0.597 e. The molecule has 0 aromatic rings. The van der Waals surface area contributed by atoms with Gasteiger partial charge in [0.05, 0.1) is 18.0 Å². The van der Waals surface area contributed by atoms with Crippen LogP contribution in [0, 0.1) is 0 Å². The summed E-state index contributed by atoms with van der Waals surface area (Å²) in [6, 6.07) is 0.0736. The molecule has 0 saturated carbocycles. The van der Waals surface area contributed by atoms with Gasteiger partial charge in [-0.2, -0.15) is 0 Å². The number of carbonyl (C=O) groups is 1. The number of rotatable bonds is 5. The molecule has 0 bridgehead atoms. The Kier molecular flexibility index (Phi) is 5.48. The minimum atomic E-state index is -1.42. The van der Waals surface area contributed by atoms with Gasteiger partial charge < -0.3 is 9.29 Å². The van der Waals surface area contributed by atoms with Gasteiger partial charge in [-0.15, -0.1) is 4.72 Å². The first-order valence-electron chi connectivity index (χ1n) is 4.67. The zero-order chi connectivity index (χ0) is 11.4. The molecule has 0 spiro atoms. The third-order valence-corrected chi connectivity index (χ3v) is 3.35. The van der Waals surface area contributed by atoms with E-state index in [0.29, 0.717) is 6.61 Å². The van der Waals surface area contributed by atoms with Crippen LogP contribution < -0.4 is 4.72 Å². The lowest BCUT2D eigenvalue weighted by Gasteiger charge is -2.26. The van der Waals surface area contributed by atoms with Gasteiger partial charge >= 0.3 is 5.97 Å². The number of nitrogens with one attached hydrogen (secondary N) is 1. The highest BCUT2D eigenvalue weighted by Gasteiger charge is 2.42. The molecule has 0 saturated heterocycles. The molecule has 1 atom stereocenters. The van der Waals surface area contributed by atoms with E-state index in [1.165, 1.54) is 0 Å². The van der Waals surface area contributed by atoms with Gasteiger partial charge in [-0.25, -0.2) is 4.79 Å². The molecule has 0 fully saturated rings. The van der Waals surface area contributed by atoms with Crippen molar-refractivity contribution >= 4 is 17.3 Å². The van der Waals surface area contributed by atoms with Gasteiger partial charge in [0.1, 0.15) is 0 Å². The van der Waals surface area contributed by atoms with Crippen molar-refractivity contribution in [1.82, 2.24) is 4.72 Å². The van der Waals surface area contributed by atoms with Crippen LogP contribution in [0.1, 0.15) is 34.6 Å². The molecule has 0 rings (SSSR count). The SMILES string of the molecule is CCOC(=O)C(C)(C)[S+]([O-])NC(C)C. The molecule has 0 aliphatic carbocycles. The molecule has 14 heavy (non-hydrogen) atoms. The van der Waals surface area contributed by atoms with E-state index in [9.17, 15) is 9.35 Å². The summed E-state index contributed by atoms with van der Waals surface area (Å²) in [4.78, 5) is 11.4. The second kappa shape index (κ2) is 5.58. The molecule has 0 heterocycles. The van der Waals surface area contributed by atoms with Crippen molar-refractivity contribution in [3.63, 3.8) is 0 Å². The molecule has 0 aliphatic rings. The Balaban J connectivity index is 4.35. The summed E-state index contributed by atoms with van der Waals surface area (Å²) in [5.41, 5.74) is 0. The fourth-order valence-electron chi connectivity index (χ4n) is 0.742. The minimum absolute atomic E-state index is 0.0736. The topological polar surface area (TPSA) is 61.4 Å². The van der Waals surface area contributed by atoms with E-state index in [0.717, 1.165) is 0 Å². The van der Waals surface area contributed by atoms with E-state index in [2.05, 4.69) is 4.72 Å². The molecule has 0 radical (unpaired) electrons. The van der Waals surface area contributed by atoms with Crippen LogP contribution in [0.3, 0.4) is 0 Å². The lowest BCUT2D eigenvalue weighted by Crippen LogP contribution is -2.50. The number of ether oxygens (including phenoxy) is 1. The van der Waals surface area contributed by atoms with Gasteiger partial charge in [-0.05, 0) is 34.6 Å². The first-order valence-corrected chi connectivity index (χ1v) is 5.82. The maximum Gasteiger partial charge on any atom is 0.364 e. The van der Waals surface area contributed by atoms with E-state index in [4.69, 9.17) is 4.74 Å². The number of carbonyl (C=O) groups excluding carboxylic acids is 1. The van der Waals surface area contributed by atoms with E-state index in [1.807, 2.05) is 13.8 Å². The van der Waals surface area contributed by atoms with Crippen LogP contribution in [0.4, 0.5) is 0 Å². The lowest BCUT2D eigenvalue weighted by molar-refractivity contribution is -0.145. The molecular weight excluding hydrogens is 202 g/mol. The number of hydrogen-bond donors (Lipinski definition) is 1. The zero-order valence-electron chi connectivity index (χ0n) is 9.42. The standard InChI is InChI=1S/C9H19NO3S/c1-6-13-8(11)9(4,5)14(12)10-7(2)3/h7,10H,6H2,1-5H3. The average molecular weight is 221 g/mol. The summed E-state index contributed by atoms with van der Waals surface area (Å²) in [5.74, 6) is -0.438. The maximum atomic E-state index is 11.7. The molecule has 0 aromatic heterocycles. The predicted molar refractivity (Wildman–Crippen MR) is 57.1 cm³/mol. The van der Waals surface area contributed by atoms with E-state index < -0.39 is 22.1 Å². The second-order valence-corrected chi connectivity index (χ2v) is 5.57. The van der Waals surface area contributed by atoms with Gasteiger partial charge in [0.2, 0.25) is 4.75 Å². The van der Waals surface area contributed by atoms with Crippen LogP contribution in [0.5, 0.6) is 0 Å². The Morgan fingerprint density at radius 1 is 1.57 bits per heavy atom. The Labute approximate surface area is 88.7 Å². The summed E-state index contributed by atoms with van der Waals surface area (Å²) in [6.07, 6.45) is 0. The van der Waals surface area contributed by atoms with Crippen molar-refractivity contribution < 1.29 is 14.1 Å². The van der Waals surface area contributed by atoms with E-state index in [1.54, 1.807) is 20.8 Å². The smallest absolute Gasteiger partial charge is 0.364 e. The fourth-order valence-corrected chi connectivity index (χ4v) is 1.68. The highest BCUT2D eigenvalue weighted by Crippen LogP contribution is 2.17. The van der Waals surface area contributed by atoms with Crippen molar-refractivity contribution in [3.8, 4) is 0 Å². The number of esters is 1. The first-order chi connectivity index (χ1) is 6.32. The Bertz CT molecular complexity index is 194. The maximum absolute atomic E-state index is 11.7. The van der Waals surface area contributed by atoms with Gasteiger partial charge in [0, 0.05) is 6.04 Å². The molecular formula is C9H19NO3S. The molecule has 0 aromatic carbocycles. The summed E-state index contributed by atoms with van der Waals surface area (Å²) in [6.45, 7) is 9.00. The Morgan fingerprint density at radius 2 is 2.07 bits per heavy atom. The fraction of sp³-hybridized carbons (Fsp3) is 0.889. The van der Waals surface area contributed by atoms with Crippen LogP contribution in [0.15, 0.2) is 0 Å². The molecule has 1 N–H and O–H groups in total. The molecule has 1 unspecified atom stereocenters. The second-order valence-electron chi connectivity index (χ2n) is 3.77. The Morgan fingerprint density at radius 3 is 2.43 bits per heavy atom. The molecule has 0 amide bonds. The highest BCUT2D eigenvalue weighted by molar-refractivity contribution is 7.91. The van der Waals surface area contributed by atoms with Crippen LogP contribution >= 0.6 is 0 Å². The van der Waals surface area contributed by atoms with Crippen LogP contribution in [-0.4, -0.2) is 27.9 Å². The van der Waals surface area contributed by atoms with E-state index in [-0.39, 0.29) is 6.04 Å². The summed E-state index contributed by atoms with van der Waals surface area (Å²) in [7, 11) is 0. The monoisotopic (exact) mass is 221 g/mol. The normalized spacial score (nSPS) is 14.2. The summed E-state index contributed by atoms with van der Waals surface area (Å²) >= 11 is -1.42. The van der Waals surface area contributed by atoms with Crippen molar-refractivity contribution in [2.75, 3.05) is 6.61 Å². The molecule has 84 valence electrons. The van der Waals surface area contributed by atoms with Crippen molar-refractivity contribution in [2.45, 2.75) is 45.4 Å². The molecule has 0 aliphatic heterocycles.